The fourth-order valence-electron chi connectivity index (χ4n) is 3.64. The molecule has 0 saturated carbocycles. The van der Waals surface area contributed by atoms with Crippen molar-refractivity contribution in [1.29, 1.82) is 0 Å². The number of aromatic nitrogens is 2. The van der Waals surface area contributed by atoms with Crippen LogP contribution in [0.25, 0.3) is 11.4 Å². The number of rotatable bonds is 6. The molecule has 2 fully saturated rings. The van der Waals surface area contributed by atoms with Crippen molar-refractivity contribution in [2.24, 2.45) is 0 Å². The molecule has 3 heterocycles. The Balaban J connectivity index is 1.54. The van der Waals surface area contributed by atoms with Gasteiger partial charge in [0.2, 0.25) is 0 Å². The minimum atomic E-state index is -0.509. The lowest BCUT2D eigenvalue weighted by molar-refractivity contribution is -0.181. The molecule has 29 heavy (non-hydrogen) atoms. The van der Waals surface area contributed by atoms with Gasteiger partial charge in [0.05, 0.1) is 19.8 Å². The van der Waals surface area contributed by atoms with Crippen LogP contribution in [0.4, 0.5) is 5.82 Å². The molecule has 0 atom stereocenters. The van der Waals surface area contributed by atoms with E-state index >= 15 is 0 Å². The van der Waals surface area contributed by atoms with Gasteiger partial charge in [-0.3, -0.25) is 4.79 Å². The summed E-state index contributed by atoms with van der Waals surface area (Å²) in [5.74, 6) is 0.513. The third-order valence-electron chi connectivity index (χ3n) is 5.22. The van der Waals surface area contributed by atoms with Gasteiger partial charge < -0.3 is 24.4 Å². The summed E-state index contributed by atoms with van der Waals surface area (Å²) in [4.78, 5) is 24.1. The second-order valence-electron chi connectivity index (χ2n) is 7.15. The highest BCUT2D eigenvalue weighted by molar-refractivity contribution is 5.93. The number of methoxy groups -OCH3 is 1. The number of carbonyl (C=O) groups excluding carboxylic acids is 1. The molecule has 1 aromatic carbocycles. The number of piperidine rings is 1. The van der Waals surface area contributed by atoms with Crippen LogP contribution >= 0.6 is 0 Å². The minimum Gasteiger partial charge on any atom is -0.383 e. The third-order valence-corrected chi connectivity index (χ3v) is 5.22. The number of nitrogens with one attached hydrogen (secondary N) is 1. The van der Waals surface area contributed by atoms with E-state index in [9.17, 15) is 4.79 Å². The summed E-state index contributed by atoms with van der Waals surface area (Å²) < 4.78 is 16.6. The van der Waals surface area contributed by atoms with Gasteiger partial charge >= 0.3 is 0 Å². The van der Waals surface area contributed by atoms with Crippen molar-refractivity contribution in [2.75, 3.05) is 51.9 Å². The van der Waals surface area contributed by atoms with Gasteiger partial charge in [-0.1, -0.05) is 30.3 Å². The predicted octanol–water partition coefficient (Wildman–Crippen LogP) is 2.18. The lowest BCUT2D eigenvalue weighted by Gasteiger charge is -2.37. The normalized spacial score (nSPS) is 18.2. The summed E-state index contributed by atoms with van der Waals surface area (Å²) >= 11 is 0. The monoisotopic (exact) mass is 398 g/mol. The molecule has 0 bridgehead atoms. The first-order valence-electron chi connectivity index (χ1n) is 9.94. The van der Waals surface area contributed by atoms with Gasteiger partial charge in [-0.15, -0.1) is 0 Å². The lowest BCUT2D eigenvalue weighted by atomic mass is 10.0. The smallest absolute Gasteiger partial charge is 0.272 e. The van der Waals surface area contributed by atoms with Crippen molar-refractivity contribution in [3.8, 4) is 11.4 Å². The van der Waals surface area contributed by atoms with Crippen LogP contribution in [0.1, 0.15) is 23.3 Å². The average molecular weight is 398 g/mol. The number of benzene rings is 1. The van der Waals surface area contributed by atoms with E-state index in [4.69, 9.17) is 14.2 Å². The van der Waals surface area contributed by atoms with Gasteiger partial charge in [-0.25, -0.2) is 9.97 Å². The molecule has 2 aromatic rings. The van der Waals surface area contributed by atoms with E-state index in [1.807, 2.05) is 35.2 Å². The minimum absolute atomic E-state index is 0.104. The topological polar surface area (TPSA) is 85.8 Å². The SMILES string of the molecule is COCCNc1cc(C(=O)N2CCC3(CC2)OCCO3)nc(-c2ccccc2)n1. The third kappa shape index (κ3) is 4.55. The van der Waals surface area contributed by atoms with Crippen molar-refractivity contribution >= 4 is 11.7 Å². The van der Waals surface area contributed by atoms with Crippen LogP contribution in [0.3, 0.4) is 0 Å². The van der Waals surface area contributed by atoms with Crippen LogP contribution in [0.15, 0.2) is 36.4 Å². The maximum Gasteiger partial charge on any atom is 0.272 e. The van der Waals surface area contributed by atoms with E-state index in [0.29, 0.717) is 69.6 Å². The Hall–Kier alpha value is -2.55. The number of amides is 1. The molecule has 1 amide bonds. The van der Waals surface area contributed by atoms with Crippen molar-refractivity contribution in [3.63, 3.8) is 0 Å². The van der Waals surface area contributed by atoms with Crippen molar-refractivity contribution in [3.05, 3.63) is 42.1 Å². The van der Waals surface area contributed by atoms with Gasteiger partial charge in [0.25, 0.3) is 5.91 Å². The number of hydrogen-bond donors (Lipinski definition) is 1. The van der Waals surface area contributed by atoms with Crippen LogP contribution in [0, 0.1) is 0 Å². The van der Waals surface area contributed by atoms with Crippen LogP contribution < -0.4 is 5.32 Å². The zero-order valence-electron chi connectivity index (χ0n) is 16.6. The number of hydrogen-bond acceptors (Lipinski definition) is 7. The predicted molar refractivity (Wildman–Crippen MR) is 108 cm³/mol. The lowest BCUT2D eigenvalue weighted by Crippen LogP contribution is -2.47. The van der Waals surface area contributed by atoms with Crippen LogP contribution in [0.2, 0.25) is 0 Å². The number of ether oxygens (including phenoxy) is 3. The zero-order chi connectivity index (χ0) is 20.1. The Kier molecular flexibility index (Phi) is 6.03. The molecule has 4 rings (SSSR count). The molecule has 2 aliphatic rings. The zero-order valence-corrected chi connectivity index (χ0v) is 16.6. The van der Waals surface area contributed by atoms with Crippen LogP contribution in [-0.4, -0.2) is 73.1 Å². The molecule has 2 aliphatic heterocycles. The first-order valence-corrected chi connectivity index (χ1v) is 9.94. The van der Waals surface area contributed by atoms with E-state index in [2.05, 4.69) is 15.3 Å². The molecule has 0 unspecified atom stereocenters. The quantitative estimate of drug-likeness (QED) is 0.747. The highest BCUT2D eigenvalue weighted by Crippen LogP contribution is 2.31. The van der Waals surface area contributed by atoms with Crippen LogP contribution in [0.5, 0.6) is 0 Å². The summed E-state index contributed by atoms with van der Waals surface area (Å²) in [5.41, 5.74) is 1.24. The number of nitrogens with zero attached hydrogens (tertiary/aromatic N) is 3. The molecule has 0 aliphatic carbocycles. The van der Waals surface area contributed by atoms with Gasteiger partial charge in [-0.2, -0.15) is 0 Å². The highest BCUT2D eigenvalue weighted by atomic mass is 16.7. The van der Waals surface area contributed by atoms with E-state index in [-0.39, 0.29) is 5.91 Å². The van der Waals surface area contributed by atoms with E-state index < -0.39 is 5.79 Å². The van der Waals surface area contributed by atoms with E-state index in [0.717, 1.165) is 5.56 Å². The standard InChI is InChI=1S/C21H26N4O4/c1-27-12-9-22-18-15-17(23-19(24-18)16-5-3-2-4-6-16)20(26)25-10-7-21(8-11-25)28-13-14-29-21/h2-6,15H,7-14H2,1H3,(H,22,23,24). The second-order valence-corrected chi connectivity index (χ2v) is 7.15. The summed E-state index contributed by atoms with van der Waals surface area (Å²) in [6.45, 7) is 3.54. The Morgan fingerprint density at radius 1 is 1.17 bits per heavy atom. The summed E-state index contributed by atoms with van der Waals surface area (Å²) in [6.07, 6.45) is 1.35. The molecular formula is C21H26N4O4. The fraction of sp³-hybridized carbons (Fsp3) is 0.476. The molecule has 0 radical (unpaired) electrons. The largest absolute Gasteiger partial charge is 0.383 e. The molecule has 1 aromatic heterocycles. The summed E-state index contributed by atoms with van der Waals surface area (Å²) in [6, 6.07) is 11.4. The molecule has 154 valence electrons. The maximum absolute atomic E-state index is 13.2. The fourth-order valence-corrected chi connectivity index (χ4v) is 3.64. The Morgan fingerprint density at radius 2 is 1.90 bits per heavy atom. The summed E-state index contributed by atoms with van der Waals surface area (Å²) in [7, 11) is 1.65. The molecule has 1 N–H and O–H groups in total. The molecule has 1 spiro atoms. The Morgan fingerprint density at radius 3 is 2.59 bits per heavy atom. The second kappa shape index (κ2) is 8.86. The van der Waals surface area contributed by atoms with Gasteiger partial charge in [0.1, 0.15) is 11.5 Å². The highest BCUT2D eigenvalue weighted by Gasteiger charge is 2.41. The van der Waals surface area contributed by atoms with E-state index in [1.54, 1.807) is 13.2 Å². The average Bonchev–Trinajstić information content (AvgIpc) is 3.22. The van der Waals surface area contributed by atoms with Crippen molar-refractivity contribution in [2.45, 2.75) is 18.6 Å². The molecular weight excluding hydrogens is 372 g/mol. The maximum atomic E-state index is 13.2. The Bertz CT molecular complexity index is 830. The van der Waals surface area contributed by atoms with Crippen LogP contribution in [-0.2, 0) is 14.2 Å². The van der Waals surface area contributed by atoms with Crippen molar-refractivity contribution in [1.82, 2.24) is 14.9 Å². The van der Waals surface area contributed by atoms with E-state index in [1.165, 1.54) is 0 Å². The summed E-state index contributed by atoms with van der Waals surface area (Å²) in [5, 5.41) is 3.21. The van der Waals surface area contributed by atoms with Gasteiger partial charge in [0, 0.05) is 51.2 Å². The number of carbonyl (C=O) groups is 1. The van der Waals surface area contributed by atoms with Gasteiger partial charge in [0.15, 0.2) is 11.6 Å². The Labute approximate surface area is 170 Å². The number of likely N-dealkylation sites (tertiary alicyclic amines) is 1. The van der Waals surface area contributed by atoms with Crippen molar-refractivity contribution < 1.29 is 19.0 Å². The molecule has 8 heteroatoms. The van der Waals surface area contributed by atoms with Gasteiger partial charge in [-0.05, 0) is 0 Å². The first kappa shape index (κ1) is 19.8. The molecule has 8 nitrogen and oxygen atoms in total. The molecule has 2 saturated heterocycles. The first-order chi connectivity index (χ1) is 14.2. The number of anilines is 1.